The fourth-order valence-electron chi connectivity index (χ4n) is 3.78. The van der Waals surface area contributed by atoms with Crippen LogP contribution in [0.3, 0.4) is 0 Å². The smallest absolute Gasteiger partial charge is 0.311 e. The van der Waals surface area contributed by atoms with E-state index in [1.165, 1.54) is 18.2 Å². The average Bonchev–Trinajstić information content (AvgIpc) is 2.88. The fourth-order valence-corrected chi connectivity index (χ4v) is 3.78. The molecule has 3 heteroatoms. The third-order valence-electron chi connectivity index (χ3n) is 5.00. The number of carbonyl (C=O) groups excluding carboxylic acids is 1. The molecule has 2 aliphatic rings. The number of esters is 1. The number of fused-ring (bicyclic) bond motifs is 2. The van der Waals surface area contributed by atoms with Gasteiger partial charge in [0.1, 0.15) is 0 Å². The zero-order chi connectivity index (χ0) is 15.0. The molecule has 114 valence electrons. The largest absolute Gasteiger partial charge is 0.469 e. The fraction of sp³-hybridized carbons (Fsp3) is 0.611. The molecular formula is C18H24O3. The molecule has 2 bridgehead atoms. The Labute approximate surface area is 126 Å². The van der Waals surface area contributed by atoms with Gasteiger partial charge in [0.2, 0.25) is 0 Å². The van der Waals surface area contributed by atoms with E-state index in [0.29, 0.717) is 12.0 Å². The molecule has 1 aromatic rings. The average molecular weight is 288 g/mol. The molecular weight excluding hydrogens is 264 g/mol. The van der Waals surface area contributed by atoms with Crippen molar-refractivity contribution < 1.29 is 14.3 Å². The maximum Gasteiger partial charge on any atom is 0.311 e. The molecule has 2 heterocycles. The van der Waals surface area contributed by atoms with Gasteiger partial charge in [-0.2, -0.15) is 0 Å². The summed E-state index contributed by atoms with van der Waals surface area (Å²) in [7, 11) is 1.47. The Bertz CT molecular complexity index is 506. The van der Waals surface area contributed by atoms with Crippen molar-refractivity contribution in [3.8, 4) is 0 Å². The number of rotatable bonds is 3. The molecule has 0 aliphatic carbocycles. The minimum Gasteiger partial charge on any atom is -0.469 e. The van der Waals surface area contributed by atoms with Crippen LogP contribution in [0.4, 0.5) is 0 Å². The highest BCUT2D eigenvalue weighted by Crippen LogP contribution is 2.45. The Morgan fingerprint density at radius 2 is 1.95 bits per heavy atom. The second-order valence-corrected chi connectivity index (χ2v) is 6.59. The van der Waals surface area contributed by atoms with Crippen LogP contribution in [0.2, 0.25) is 0 Å². The first kappa shape index (κ1) is 14.6. The molecule has 0 radical (unpaired) electrons. The van der Waals surface area contributed by atoms with Gasteiger partial charge < -0.3 is 9.47 Å². The van der Waals surface area contributed by atoms with Crippen LogP contribution in [0, 0.1) is 5.92 Å². The van der Waals surface area contributed by atoms with Crippen LogP contribution in [-0.2, 0) is 14.3 Å². The normalized spacial score (nSPS) is 31.4. The third-order valence-corrected chi connectivity index (χ3v) is 5.00. The topological polar surface area (TPSA) is 35.5 Å². The molecule has 0 amide bonds. The van der Waals surface area contributed by atoms with Gasteiger partial charge >= 0.3 is 5.97 Å². The summed E-state index contributed by atoms with van der Waals surface area (Å²) in [6.45, 7) is 4.39. The van der Waals surface area contributed by atoms with Gasteiger partial charge in [0.15, 0.2) is 0 Å². The van der Waals surface area contributed by atoms with E-state index < -0.39 is 0 Å². The van der Waals surface area contributed by atoms with Crippen molar-refractivity contribution in [1.29, 1.82) is 0 Å². The van der Waals surface area contributed by atoms with E-state index in [2.05, 4.69) is 38.1 Å². The predicted molar refractivity (Wildman–Crippen MR) is 81.3 cm³/mol. The predicted octanol–water partition coefficient (Wildman–Crippen LogP) is 3.63. The van der Waals surface area contributed by atoms with Crippen molar-refractivity contribution in [2.24, 2.45) is 5.92 Å². The number of ether oxygens (including phenoxy) is 2. The Morgan fingerprint density at radius 1 is 1.24 bits per heavy atom. The van der Waals surface area contributed by atoms with E-state index in [-0.39, 0.29) is 23.9 Å². The van der Waals surface area contributed by atoms with Crippen molar-refractivity contribution in [3.05, 3.63) is 35.4 Å². The van der Waals surface area contributed by atoms with Crippen LogP contribution in [-0.4, -0.2) is 25.3 Å². The summed E-state index contributed by atoms with van der Waals surface area (Å²) < 4.78 is 11.0. The molecule has 0 saturated carbocycles. The van der Waals surface area contributed by atoms with E-state index in [4.69, 9.17) is 9.47 Å². The lowest BCUT2D eigenvalue weighted by Gasteiger charge is -2.35. The van der Waals surface area contributed by atoms with Gasteiger partial charge in [-0.3, -0.25) is 4.79 Å². The van der Waals surface area contributed by atoms with Crippen molar-refractivity contribution in [1.82, 2.24) is 0 Å². The minimum absolute atomic E-state index is 0.0333. The first-order chi connectivity index (χ1) is 10.1. The maximum absolute atomic E-state index is 12.2. The number of hydrogen-bond acceptors (Lipinski definition) is 3. The van der Waals surface area contributed by atoms with Crippen molar-refractivity contribution in [2.45, 2.75) is 57.2 Å². The van der Waals surface area contributed by atoms with Crippen LogP contribution in [0.5, 0.6) is 0 Å². The quantitative estimate of drug-likeness (QED) is 0.797. The number of hydrogen-bond donors (Lipinski definition) is 0. The van der Waals surface area contributed by atoms with Gasteiger partial charge in [0.05, 0.1) is 25.2 Å². The molecule has 4 atom stereocenters. The second kappa shape index (κ2) is 5.80. The summed E-state index contributed by atoms with van der Waals surface area (Å²) in [6.07, 6.45) is 3.32. The van der Waals surface area contributed by atoms with Crippen LogP contribution in [0.15, 0.2) is 24.3 Å². The highest BCUT2D eigenvalue weighted by Gasteiger charge is 2.47. The zero-order valence-electron chi connectivity index (χ0n) is 13.0. The van der Waals surface area contributed by atoms with Gasteiger partial charge in [0, 0.05) is 5.92 Å². The van der Waals surface area contributed by atoms with Gasteiger partial charge in [0.25, 0.3) is 0 Å². The molecule has 3 nitrogen and oxygen atoms in total. The van der Waals surface area contributed by atoms with Crippen molar-refractivity contribution >= 4 is 5.97 Å². The molecule has 2 aliphatic heterocycles. The SMILES string of the molecule is COC(=O)[C@@H]1[C@@H]2CCC(C[C@H]1c1ccc(C(C)C)cc1)O2. The molecule has 0 N–H and O–H groups in total. The molecule has 0 aromatic heterocycles. The number of benzene rings is 1. The van der Waals surface area contributed by atoms with E-state index in [0.717, 1.165) is 19.3 Å². The number of methoxy groups -OCH3 is 1. The molecule has 2 fully saturated rings. The molecule has 0 spiro atoms. The number of carbonyl (C=O) groups is 1. The Morgan fingerprint density at radius 3 is 2.57 bits per heavy atom. The molecule has 1 unspecified atom stereocenters. The third kappa shape index (κ3) is 2.71. The molecule has 2 saturated heterocycles. The van der Waals surface area contributed by atoms with Crippen molar-refractivity contribution in [2.75, 3.05) is 7.11 Å². The van der Waals surface area contributed by atoms with E-state index in [1.54, 1.807) is 0 Å². The summed E-state index contributed by atoms with van der Waals surface area (Å²) >= 11 is 0. The first-order valence-corrected chi connectivity index (χ1v) is 7.93. The van der Waals surface area contributed by atoms with Crippen molar-refractivity contribution in [3.63, 3.8) is 0 Å². The lowest BCUT2D eigenvalue weighted by atomic mass is 9.78. The lowest BCUT2D eigenvalue weighted by Crippen LogP contribution is -2.39. The van der Waals surface area contributed by atoms with Gasteiger partial charge in [-0.05, 0) is 36.3 Å². The van der Waals surface area contributed by atoms with Crippen LogP contribution >= 0.6 is 0 Å². The van der Waals surface area contributed by atoms with Crippen LogP contribution < -0.4 is 0 Å². The Balaban J connectivity index is 1.89. The summed E-state index contributed by atoms with van der Waals surface area (Å²) in [5.41, 5.74) is 2.58. The van der Waals surface area contributed by atoms with E-state index >= 15 is 0 Å². The highest BCUT2D eigenvalue weighted by molar-refractivity contribution is 5.74. The molecule has 21 heavy (non-hydrogen) atoms. The maximum atomic E-state index is 12.2. The van der Waals surface area contributed by atoms with Gasteiger partial charge in [-0.1, -0.05) is 38.1 Å². The summed E-state index contributed by atoms with van der Waals surface area (Å²) in [6, 6.07) is 8.73. The first-order valence-electron chi connectivity index (χ1n) is 7.93. The molecule has 3 rings (SSSR count). The summed E-state index contributed by atoms with van der Waals surface area (Å²) in [5.74, 6) is 0.475. The lowest BCUT2D eigenvalue weighted by molar-refractivity contribution is -0.156. The van der Waals surface area contributed by atoms with Gasteiger partial charge in [-0.25, -0.2) is 0 Å². The standard InChI is InChI=1S/C18H24O3/c1-11(2)12-4-6-13(7-5-12)15-10-14-8-9-16(21-14)17(15)18(19)20-3/h4-7,11,14-17H,8-10H2,1-3H3/t14?,15-,16-,17-/m0/s1. The highest BCUT2D eigenvalue weighted by atomic mass is 16.5. The van der Waals surface area contributed by atoms with Gasteiger partial charge in [-0.15, -0.1) is 0 Å². The van der Waals surface area contributed by atoms with Crippen LogP contribution in [0.25, 0.3) is 0 Å². The van der Waals surface area contributed by atoms with E-state index in [1.807, 2.05) is 0 Å². The van der Waals surface area contributed by atoms with Crippen LogP contribution in [0.1, 0.15) is 56.1 Å². The second-order valence-electron chi connectivity index (χ2n) is 6.59. The molecule has 1 aromatic carbocycles. The minimum atomic E-state index is -0.154. The monoisotopic (exact) mass is 288 g/mol. The van der Waals surface area contributed by atoms with E-state index in [9.17, 15) is 4.79 Å². The Kier molecular flexibility index (Phi) is 4.03. The zero-order valence-corrected chi connectivity index (χ0v) is 13.0. The summed E-state index contributed by atoms with van der Waals surface area (Å²) in [5, 5.41) is 0. The Hall–Kier alpha value is -1.35. The summed E-state index contributed by atoms with van der Waals surface area (Å²) in [4.78, 5) is 12.2.